The van der Waals surface area contributed by atoms with Crippen LogP contribution in [0.4, 0.5) is 4.79 Å². The molecule has 2 aliphatic heterocycles. The number of carbonyl (C=O) groups excluding carboxylic acids is 2. The molecule has 0 aromatic heterocycles. The van der Waals surface area contributed by atoms with Crippen LogP contribution in [0.2, 0.25) is 0 Å². The smallest absolute Gasteiger partial charge is 0.325 e. The summed E-state index contributed by atoms with van der Waals surface area (Å²) in [6.45, 7) is 4.47. The van der Waals surface area contributed by atoms with E-state index in [1.807, 2.05) is 6.92 Å². The van der Waals surface area contributed by atoms with Crippen molar-refractivity contribution in [2.24, 2.45) is 0 Å². The Balaban J connectivity index is 1.91. The topological polar surface area (TPSA) is 52.7 Å². The molecule has 1 N–H and O–H groups in total. The number of likely N-dealkylation sites (tertiary alicyclic amines) is 1. The molecular weight excluding hydrogens is 218 g/mol. The molecule has 0 bridgehead atoms. The van der Waals surface area contributed by atoms with E-state index < -0.39 is 0 Å². The number of piperidine rings is 1. The van der Waals surface area contributed by atoms with Gasteiger partial charge in [-0.05, 0) is 32.4 Å². The molecule has 3 amide bonds. The quantitative estimate of drug-likeness (QED) is 0.749. The Morgan fingerprint density at radius 2 is 1.94 bits per heavy atom. The average molecular weight is 239 g/mol. The minimum absolute atomic E-state index is 0.0533. The first-order valence-corrected chi connectivity index (χ1v) is 6.56. The van der Waals surface area contributed by atoms with E-state index in [0.717, 1.165) is 25.9 Å². The van der Waals surface area contributed by atoms with Crippen molar-refractivity contribution in [3.05, 3.63) is 0 Å². The van der Waals surface area contributed by atoms with Gasteiger partial charge in [0.25, 0.3) is 5.91 Å². The van der Waals surface area contributed by atoms with Gasteiger partial charge in [-0.1, -0.05) is 19.8 Å². The molecule has 2 aliphatic rings. The third-order valence-electron chi connectivity index (χ3n) is 3.47. The van der Waals surface area contributed by atoms with E-state index in [0.29, 0.717) is 6.67 Å². The van der Waals surface area contributed by atoms with Gasteiger partial charge in [-0.2, -0.15) is 0 Å². The molecule has 0 aromatic rings. The highest BCUT2D eigenvalue weighted by Crippen LogP contribution is 2.14. The molecule has 2 heterocycles. The van der Waals surface area contributed by atoms with E-state index in [9.17, 15) is 9.59 Å². The molecule has 0 unspecified atom stereocenters. The van der Waals surface area contributed by atoms with E-state index >= 15 is 0 Å². The fourth-order valence-electron chi connectivity index (χ4n) is 2.50. The lowest BCUT2D eigenvalue weighted by Crippen LogP contribution is -2.44. The zero-order valence-corrected chi connectivity index (χ0v) is 10.4. The Hall–Kier alpha value is -1.10. The molecule has 0 saturated carbocycles. The molecule has 2 fully saturated rings. The zero-order valence-electron chi connectivity index (χ0n) is 10.4. The monoisotopic (exact) mass is 239 g/mol. The van der Waals surface area contributed by atoms with Crippen LogP contribution in [0.25, 0.3) is 0 Å². The number of rotatable bonds is 4. The summed E-state index contributed by atoms with van der Waals surface area (Å²) in [6, 6.07) is -0.517. The Morgan fingerprint density at radius 1 is 1.24 bits per heavy atom. The van der Waals surface area contributed by atoms with Gasteiger partial charge < -0.3 is 5.32 Å². The van der Waals surface area contributed by atoms with Gasteiger partial charge in [0.15, 0.2) is 0 Å². The van der Waals surface area contributed by atoms with Crippen molar-refractivity contribution in [2.75, 3.05) is 19.8 Å². The number of urea groups is 1. The van der Waals surface area contributed by atoms with Crippen molar-refractivity contribution < 1.29 is 9.59 Å². The van der Waals surface area contributed by atoms with Crippen molar-refractivity contribution >= 4 is 11.9 Å². The maximum Gasteiger partial charge on any atom is 0.325 e. The standard InChI is InChI=1S/C12H21N3O2/c1-2-6-10-11(16)15(12(17)13-10)9-14-7-4-3-5-8-14/h10H,2-9H2,1H3,(H,13,17)/t10-/m1/s1. The number of nitrogens with zero attached hydrogens (tertiary/aromatic N) is 2. The molecule has 5 nitrogen and oxygen atoms in total. The minimum Gasteiger partial charge on any atom is -0.326 e. The van der Waals surface area contributed by atoms with Gasteiger partial charge in [0.2, 0.25) is 0 Å². The van der Waals surface area contributed by atoms with Gasteiger partial charge >= 0.3 is 6.03 Å². The van der Waals surface area contributed by atoms with Crippen LogP contribution in [0, 0.1) is 0 Å². The third-order valence-corrected chi connectivity index (χ3v) is 3.47. The minimum atomic E-state index is -0.294. The predicted molar refractivity (Wildman–Crippen MR) is 64.4 cm³/mol. The highest BCUT2D eigenvalue weighted by Gasteiger charge is 2.37. The van der Waals surface area contributed by atoms with Crippen LogP contribution < -0.4 is 5.32 Å². The molecule has 0 aliphatic carbocycles. The highest BCUT2D eigenvalue weighted by molar-refractivity contribution is 6.04. The van der Waals surface area contributed by atoms with Gasteiger partial charge in [-0.25, -0.2) is 9.69 Å². The first kappa shape index (κ1) is 12.4. The molecule has 2 saturated heterocycles. The fourth-order valence-corrected chi connectivity index (χ4v) is 2.50. The number of carbonyl (C=O) groups is 2. The van der Waals surface area contributed by atoms with Crippen LogP contribution in [-0.2, 0) is 4.79 Å². The van der Waals surface area contributed by atoms with Crippen LogP contribution in [-0.4, -0.2) is 47.5 Å². The van der Waals surface area contributed by atoms with E-state index in [2.05, 4.69) is 10.2 Å². The molecule has 0 aromatic carbocycles. The fraction of sp³-hybridized carbons (Fsp3) is 0.833. The number of hydrogen-bond acceptors (Lipinski definition) is 3. The van der Waals surface area contributed by atoms with Crippen molar-refractivity contribution in [1.29, 1.82) is 0 Å². The van der Waals surface area contributed by atoms with E-state index in [1.54, 1.807) is 0 Å². The van der Waals surface area contributed by atoms with E-state index in [-0.39, 0.29) is 18.0 Å². The summed E-state index contributed by atoms with van der Waals surface area (Å²) in [5.41, 5.74) is 0. The Kier molecular flexibility index (Phi) is 3.99. The van der Waals surface area contributed by atoms with Crippen LogP contribution >= 0.6 is 0 Å². The summed E-state index contributed by atoms with van der Waals surface area (Å²) >= 11 is 0. The molecule has 2 rings (SSSR count). The first-order chi connectivity index (χ1) is 8.22. The Labute approximate surface area is 102 Å². The largest absolute Gasteiger partial charge is 0.326 e. The number of hydrogen-bond donors (Lipinski definition) is 1. The van der Waals surface area contributed by atoms with Gasteiger partial charge in [0, 0.05) is 0 Å². The van der Waals surface area contributed by atoms with Crippen LogP contribution in [0.3, 0.4) is 0 Å². The predicted octanol–water partition coefficient (Wildman–Crippen LogP) is 1.15. The van der Waals surface area contributed by atoms with Gasteiger partial charge in [-0.3, -0.25) is 9.69 Å². The third kappa shape index (κ3) is 2.77. The summed E-state index contributed by atoms with van der Waals surface area (Å²) in [7, 11) is 0. The Bertz CT molecular complexity index is 300. The maximum atomic E-state index is 12.0. The van der Waals surface area contributed by atoms with Crippen LogP contribution in [0.5, 0.6) is 0 Å². The van der Waals surface area contributed by atoms with Gasteiger partial charge in [0.1, 0.15) is 6.04 Å². The highest BCUT2D eigenvalue weighted by atomic mass is 16.2. The molecule has 1 atom stereocenters. The summed E-state index contributed by atoms with van der Waals surface area (Å²) < 4.78 is 0. The van der Waals surface area contributed by atoms with E-state index in [4.69, 9.17) is 0 Å². The van der Waals surface area contributed by atoms with Crippen molar-refractivity contribution in [1.82, 2.24) is 15.1 Å². The lowest BCUT2D eigenvalue weighted by molar-refractivity contribution is -0.129. The first-order valence-electron chi connectivity index (χ1n) is 6.56. The van der Waals surface area contributed by atoms with Gasteiger partial charge in [0.05, 0.1) is 6.67 Å². The molecule has 0 spiro atoms. The summed E-state index contributed by atoms with van der Waals surface area (Å²) in [5, 5.41) is 2.76. The summed E-state index contributed by atoms with van der Waals surface area (Å²) in [4.78, 5) is 27.3. The van der Waals surface area contributed by atoms with Crippen molar-refractivity contribution in [3.8, 4) is 0 Å². The zero-order chi connectivity index (χ0) is 12.3. The number of imide groups is 1. The van der Waals surface area contributed by atoms with Crippen molar-refractivity contribution in [3.63, 3.8) is 0 Å². The average Bonchev–Trinajstić information content (AvgIpc) is 2.59. The second kappa shape index (κ2) is 5.49. The summed E-state index contributed by atoms with van der Waals surface area (Å²) in [6.07, 6.45) is 5.24. The number of amides is 3. The lowest BCUT2D eigenvalue weighted by Gasteiger charge is -2.29. The van der Waals surface area contributed by atoms with Crippen LogP contribution in [0.1, 0.15) is 39.0 Å². The second-order valence-corrected chi connectivity index (χ2v) is 4.88. The molecular formula is C12H21N3O2. The lowest BCUT2D eigenvalue weighted by atomic mass is 10.1. The Morgan fingerprint density at radius 3 is 2.59 bits per heavy atom. The SMILES string of the molecule is CCC[C@H]1NC(=O)N(CN2CCCCC2)C1=O. The van der Waals surface area contributed by atoms with E-state index in [1.165, 1.54) is 24.2 Å². The maximum absolute atomic E-state index is 12.0. The number of nitrogens with one attached hydrogen (secondary N) is 1. The van der Waals surface area contributed by atoms with Crippen molar-refractivity contribution in [2.45, 2.75) is 45.1 Å². The summed E-state index contributed by atoms with van der Waals surface area (Å²) in [5.74, 6) is -0.0533. The molecule has 5 heteroatoms. The van der Waals surface area contributed by atoms with Crippen LogP contribution in [0.15, 0.2) is 0 Å². The second-order valence-electron chi connectivity index (χ2n) is 4.88. The normalized spacial score (nSPS) is 26.4. The molecule has 17 heavy (non-hydrogen) atoms. The molecule has 96 valence electrons. The van der Waals surface area contributed by atoms with Gasteiger partial charge in [-0.15, -0.1) is 0 Å². The molecule has 0 radical (unpaired) electrons.